The molecule has 1 atom stereocenters. The third kappa shape index (κ3) is 3.29. The molecule has 0 spiro atoms. The second-order valence-corrected chi connectivity index (χ2v) is 3.64. The maximum atomic E-state index is 13.3. The minimum absolute atomic E-state index is 0.00913. The second kappa shape index (κ2) is 5.58. The highest BCUT2D eigenvalue weighted by molar-refractivity contribution is 5.94. The highest BCUT2D eigenvalue weighted by atomic mass is 19.1. The number of halogens is 1. The van der Waals surface area contributed by atoms with Gasteiger partial charge in [0.1, 0.15) is 5.82 Å². The topological polar surface area (TPSA) is 75.4 Å². The first-order valence-corrected chi connectivity index (χ1v) is 4.95. The average molecular weight is 226 g/mol. The highest BCUT2D eigenvalue weighted by Gasteiger charge is 2.12. The standard InChI is InChI=1S/C11H15FN2O2/c1-7-2-3-10(12)9(4-7)11(16)14-5-8(13)6-15/h2-4,8,15H,5-6,13H2,1H3,(H,14,16)/t8-/m1/s1. The summed E-state index contributed by atoms with van der Waals surface area (Å²) >= 11 is 0. The van der Waals surface area contributed by atoms with E-state index in [0.717, 1.165) is 5.56 Å². The Morgan fingerprint density at radius 1 is 1.62 bits per heavy atom. The quantitative estimate of drug-likeness (QED) is 0.685. The number of aliphatic hydroxyl groups is 1. The monoisotopic (exact) mass is 226 g/mol. The fraction of sp³-hybridized carbons (Fsp3) is 0.364. The van der Waals surface area contributed by atoms with Crippen LogP contribution in [0, 0.1) is 12.7 Å². The Morgan fingerprint density at radius 2 is 2.31 bits per heavy atom. The molecule has 0 heterocycles. The van der Waals surface area contributed by atoms with Crippen molar-refractivity contribution in [3.8, 4) is 0 Å². The van der Waals surface area contributed by atoms with Crippen molar-refractivity contribution in [2.24, 2.45) is 5.73 Å². The van der Waals surface area contributed by atoms with Gasteiger partial charge in [-0.15, -0.1) is 0 Å². The van der Waals surface area contributed by atoms with Crippen molar-refractivity contribution in [2.45, 2.75) is 13.0 Å². The molecule has 88 valence electrons. The number of nitrogens with two attached hydrogens (primary N) is 1. The number of benzene rings is 1. The molecule has 0 bridgehead atoms. The molecular weight excluding hydrogens is 211 g/mol. The van der Waals surface area contributed by atoms with Crippen LogP contribution in [0.3, 0.4) is 0 Å². The smallest absolute Gasteiger partial charge is 0.254 e. The van der Waals surface area contributed by atoms with Crippen molar-refractivity contribution in [2.75, 3.05) is 13.2 Å². The Labute approximate surface area is 93.3 Å². The van der Waals surface area contributed by atoms with Gasteiger partial charge < -0.3 is 16.2 Å². The summed E-state index contributed by atoms with van der Waals surface area (Å²) in [5.41, 5.74) is 6.20. The molecule has 16 heavy (non-hydrogen) atoms. The minimum atomic E-state index is -0.569. The van der Waals surface area contributed by atoms with Gasteiger partial charge in [-0.05, 0) is 19.1 Å². The average Bonchev–Trinajstić information content (AvgIpc) is 2.28. The molecule has 1 amide bonds. The fourth-order valence-corrected chi connectivity index (χ4v) is 1.20. The molecule has 4 N–H and O–H groups in total. The number of nitrogens with one attached hydrogen (secondary N) is 1. The molecular formula is C11H15FN2O2. The lowest BCUT2D eigenvalue weighted by Gasteiger charge is -2.10. The van der Waals surface area contributed by atoms with Crippen molar-refractivity contribution in [3.05, 3.63) is 35.1 Å². The Morgan fingerprint density at radius 3 is 2.94 bits per heavy atom. The van der Waals surface area contributed by atoms with Crippen molar-refractivity contribution < 1.29 is 14.3 Å². The van der Waals surface area contributed by atoms with Crippen LogP contribution in [0.4, 0.5) is 4.39 Å². The van der Waals surface area contributed by atoms with E-state index in [-0.39, 0.29) is 18.7 Å². The van der Waals surface area contributed by atoms with Crippen molar-refractivity contribution in [1.29, 1.82) is 0 Å². The van der Waals surface area contributed by atoms with Gasteiger partial charge in [0.05, 0.1) is 12.2 Å². The van der Waals surface area contributed by atoms with Crippen LogP contribution >= 0.6 is 0 Å². The Balaban J connectivity index is 2.69. The van der Waals surface area contributed by atoms with Gasteiger partial charge >= 0.3 is 0 Å². The lowest BCUT2D eigenvalue weighted by atomic mass is 10.1. The molecule has 1 aromatic carbocycles. The molecule has 4 nitrogen and oxygen atoms in total. The minimum Gasteiger partial charge on any atom is -0.395 e. The number of carbonyl (C=O) groups excluding carboxylic acids is 1. The Bertz CT molecular complexity index is 382. The van der Waals surface area contributed by atoms with Crippen LogP contribution in [0.2, 0.25) is 0 Å². The Kier molecular flexibility index (Phi) is 4.39. The van der Waals surface area contributed by atoms with Gasteiger partial charge in [0.25, 0.3) is 5.91 Å². The van der Waals surface area contributed by atoms with E-state index in [1.807, 2.05) is 0 Å². The number of hydrogen-bond acceptors (Lipinski definition) is 3. The number of rotatable bonds is 4. The molecule has 0 aliphatic carbocycles. The van der Waals surface area contributed by atoms with Crippen LogP contribution < -0.4 is 11.1 Å². The summed E-state index contributed by atoms with van der Waals surface area (Å²) in [6.45, 7) is 1.66. The third-order valence-electron chi connectivity index (χ3n) is 2.13. The van der Waals surface area contributed by atoms with E-state index in [2.05, 4.69) is 5.32 Å². The van der Waals surface area contributed by atoms with Crippen molar-refractivity contribution in [1.82, 2.24) is 5.32 Å². The zero-order valence-corrected chi connectivity index (χ0v) is 9.03. The highest BCUT2D eigenvalue weighted by Crippen LogP contribution is 2.09. The van der Waals surface area contributed by atoms with Crippen molar-refractivity contribution >= 4 is 5.91 Å². The normalized spacial score (nSPS) is 12.2. The van der Waals surface area contributed by atoms with E-state index in [1.54, 1.807) is 13.0 Å². The number of aryl methyl sites for hydroxylation is 1. The van der Waals surface area contributed by atoms with E-state index in [0.29, 0.717) is 0 Å². The first-order valence-electron chi connectivity index (χ1n) is 4.95. The lowest BCUT2D eigenvalue weighted by molar-refractivity contribution is 0.0943. The number of aliphatic hydroxyl groups excluding tert-OH is 1. The van der Waals surface area contributed by atoms with Crippen molar-refractivity contribution in [3.63, 3.8) is 0 Å². The first kappa shape index (κ1) is 12.6. The predicted molar refractivity (Wildman–Crippen MR) is 58.5 cm³/mol. The first-order chi connectivity index (χ1) is 7.54. The van der Waals surface area contributed by atoms with Crippen LogP contribution in [0.15, 0.2) is 18.2 Å². The summed E-state index contributed by atoms with van der Waals surface area (Å²) in [5, 5.41) is 11.1. The van der Waals surface area contributed by atoms with Crippen LogP contribution in [-0.2, 0) is 0 Å². The largest absolute Gasteiger partial charge is 0.395 e. The van der Waals surface area contributed by atoms with E-state index in [1.165, 1.54) is 12.1 Å². The second-order valence-electron chi connectivity index (χ2n) is 3.64. The van der Waals surface area contributed by atoms with E-state index in [4.69, 9.17) is 10.8 Å². The van der Waals surface area contributed by atoms with Gasteiger partial charge in [0, 0.05) is 12.6 Å². The molecule has 5 heteroatoms. The SMILES string of the molecule is Cc1ccc(F)c(C(=O)NC[C@@H](N)CO)c1. The van der Waals surface area contributed by atoms with E-state index in [9.17, 15) is 9.18 Å². The molecule has 0 aliphatic rings. The van der Waals surface area contributed by atoms with E-state index < -0.39 is 17.8 Å². The van der Waals surface area contributed by atoms with E-state index >= 15 is 0 Å². The summed E-state index contributed by atoms with van der Waals surface area (Å²) in [4.78, 5) is 11.5. The number of carbonyl (C=O) groups is 1. The summed E-state index contributed by atoms with van der Waals surface area (Å²) in [7, 11) is 0. The molecule has 0 aromatic heterocycles. The van der Waals surface area contributed by atoms with Crippen LogP contribution in [0.1, 0.15) is 15.9 Å². The molecule has 0 unspecified atom stereocenters. The lowest BCUT2D eigenvalue weighted by Crippen LogP contribution is -2.39. The maximum absolute atomic E-state index is 13.3. The molecule has 1 rings (SSSR count). The van der Waals surface area contributed by atoms with Gasteiger partial charge in [0.2, 0.25) is 0 Å². The molecule has 0 saturated heterocycles. The zero-order valence-electron chi connectivity index (χ0n) is 9.03. The molecule has 0 aliphatic heterocycles. The van der Waals surface area contributed by atoms with Gasteiger partial charge in [-0.1, -0.05) is 11.6 Å². The molecule has 0 fully saturated rings. The fourth-order valence-electron chi connectivity index (χ4n) is 1.20. The zero-order chi connectivity index (χ0) is 12.1. The molecule has 1 aromatic rings. The Hall–Kier alpha value is -1.46. The van der Waals surface area contributed by atoms with Gasteiger partial charge in [-0.25, -0.2) is 4.39 Å². The molecule has 0 radical (unpaired) electrons. The van der Waals surface area contributed by atoms with Crippen LogP contribution in [-0.4, -0.2) is 30.2 Å². The van der Waals surface area contributed by atoms with Gasteiger partial charge in [0.15, 0.2) is 0 Å². The summed E-state index contributed by atoms with van der Waals surface area (Å²) in [6.07, 6.45) is 0. The number of amides is 1. The van der Waals surface area contributed by atoms with Gasteiger partial charge in [-0.3, -0.25) is 4.79 Å². The summed E-state index contributed by atoms with van der Waals surface area (Å²) in [5.74, 6) is -1.09. The molecule has 0 saturated carbocycles. The van der Waals surface area contributed by atoms with Crippen LogP contribution in [0.25, 0.3) is 0 Å². The maximum Gasteiger partial charge on any atom is 0.254 e. The summed E-state index contributed by atoms with van der Waals surface area (Å²) in [6, 6.07) is 3.77. The number of hydrogen-bond donors (Lipinski definition) is 3. The third-order valence-corrected chi connectivity index (χ3v) is 2.13. The predicted octanol–water partition coefficient (Wildman–Crippen LogP) is 0.184. The van der Waals surface area contributed by atoms with Gasteiger partial charge in [-0.2, -0.15) is 0 Å². The van der Waals surface area contributed by atoms with Crippen LogP contribution in [0.5, 0.6) is 0 Å². The summed E-state index contributed by atoms with van der Waals surface area (Å²) < 4.78 is 13.3.